The summed E-state index contributed by atoms with van der Waals surface area (Å²) in [6.45, 7) is 0. The molecule has 3 rings (SSSR count). The third kappa shape index (κ3) is 2.71. The molecule has 0 saturated heterocycles. The van der Waals surface area contributed by atoms with Crippen molar-refractivity contribution in [2.45, 2.75) is 6.10 Å². The molecule has 0 aliphatic carbocycles. The number of hydrogen-bond donors (Lipinski definition) is 1. The summed E-state index contributed by atoms with van der Waals surface area (Å²) in [6.07, 6.45) is -0.668. The summed E-state index contributed by atoms with van der Waals surface area (Å²) in [5.41, 5.74) is 0.760. The lowest BCUT2D eigenvalue weighted by molar-refractivity contribution is 0.207. The van der Waals surface area contributed by atoms with Gasteiger partial charge in [0.05, 0.1) is 26.2 Å². The van der Waals surface area contributed by atoms with Crippen molar-refractivity contribution >= 4 is 83.9 Å². The van der Waals surface area contributed by atoms with E-state index in [0.717, 1.165) is 27.1 Å². The van der Waals surface area contributed by atoms with Crippen LogP contribution in [0.3, 0.4) is 0 Å². The van der Waals surface area contributed by atoms with E-state index in [1.165, 1.54) is 0 Å². The van der Waals surface area contributed by atoms with E-state index in [1.54, 1.807) is 18.2 Å². The zero-order valence-corrected chi connectivity index (χ0v) is 15.6. The molecule has 0 bridgehead atoms. The van der Waals surface area contributed by atoms with Crippen LogP contribution in [0.5, 0.6) is 0 Å². The van der Waals surface area contributed by atoms with Gasteiger partial charge in [0.15, 0.2) is 0 Å². The molecule has 0 aliphatic heterocycles. The lowest BCUT2D eigenvalue weighted by Crippen LogP contribution is -2.00. The van der Waals surface area contributed by atoms with Crippen LogP contribution in [-0.2, 0) is 0 Å². The average Bonchev–Trinajstić information content (AvgIpc) is 2.50. The van der Waals surface area contributed by atoms with Gasteiger partial charge in [-0.15, -0.1) is 0 Å². The molecule has 1 nitrogen and oxygen atoms in total. The molecule has 114 valence electrons. The largest absolute Gasteiger partial charge is 0.388 e. The SMILES string of the molecule is O[C@H](CBr)c1cc2cc(Cl)c(Cl)cc2c2c(Cl)c(Cl)ccc12. The molecular weight excluding hydrogens is 430 g/mol. The Hall–Kier alpha value is -0.220. The van der Waals surface area contributed by atoms with Crippen molar-refractivity contribution in [3.63, 3.8) is 0 Å². The van der Waals surface area contributed by atoms with Gasteiger partial charge in [-0.1, -0.05) is 68.4 Å². The number of halogens is 5. The van der Waals surface area contributed by atoms with Gasteiger partial charge in [-0.2, -0.15) is 0 Å². The lowest BCUT2D eigenvalue weighted by atomic mass is 9.95. The summed E-state index contributed by atoms with van der Waals surface area (Å²) in [5, 5.41) is 15.8. The smallest absolute Gasteiger partial charge is 0.0893 e. The zero-order chi connectivity index (χ0) is 16.0. The van der Waals surface area contributed by atoms with Crippen LogP contribution < -0.4 is 0 Å². The number of hydrogen-bond acceptors (Lipinski definition) is 1. The van der Waals surface area contributed by atoms with E-state index < -0.39 is 6.10 Å². The van der Waals surface area contributed by atoms with E-state index in [9.17, 15) is 5.11 Å². The quantitative estimate of drug-likeness (QED) is 0.336. The van der Waals surface area contributed by atoms with Crippen LogP contribution in [0.1, 0.15) is 11.7 Å². The molecule has 0 aromatic heterocycles. The van der Waals surface area contributed by atoms with E-state index >= 15 is 0 Å². The maximum Gasteiger partial charge on any atom is 0.0893 e. The molecule has 22 heavy (non-hydrogen) atoms. The van der Waals surface area contributed by atoms with Crippen LogP contribution in [0.15, 0.2) is 30.3 Å². The van der Waals surface area contributed by atoms with Crippen molar-refractivity contribution in [1.82, 2.24) is 0 Å². The number of alkyl halides is 1. The maximum atomic E-state index is 10.3. The van der Waals surface area contributed by atoms with E-state index in [-0.39, 0.29) is 0 Å². The molecule has 6 heteroatoms. The third-order valence-corrected chi connectivity index (χ3v) is 5.72. The first-order chi connectivity index (χ1) is 10.4. The summed E-state index contributed by atoms with van der Waals surface area (Å²) in [7, 11) is 0. The normalized spacial score (nSPS) is 13.0. The summed E-state index contributed by atoms with van der Waals surface area (Å²) in [6, 6.07) is 9.01. The van der Waals surface area contributed by atoms with Gasteiger partial charge in [0.25, 0.3) is 0 Å². The van der Waals surface area contributed by atoms with E-state index in [0.29, 0.717) is 25.4 Å². The molecular formula is C16H9BrCl4O. The van der Waals surface area contributed by atoms with Crippen molar-refractivity contribution in [1.29, 1.82) is 0 Å². The Labute approximate surface area is 155 Å². The van der Waals surface area contributed by atoms with Gasteiger partial charge in [0, 0.05) is 10.7 Å². The van der Waals surface area contributed by atoms with Crippen LogP contribution in [0.25, 0.3) is 21.5 Å². The van der Waals surface area contributed by atoms with Crippen LogP contribution >= 0.6 is 62.3 Å². The Morgan fingerprint density at radius 2 is 1.59 bits per heavy atom. The standard InChI is InChI=1S/C16H9BrCl4O/c17-6-14(22)10-3-7-4-12(19)13(20)5-9(7)15-8(10)1-2-11(18)16(15)21/h1-5,14,22H,6H2/t14-/m1/s1. The number of benzene rings is 3. The van der Waals surface area contributed by atoms with Gasteiger partial charge < -0.3 is 5.11 Å². The average molecular weight is 439 g/mol. The number of rotatable bonds is 2. The van der Waals surface area contributed by atoms with E-state index in [2.05, 4.69) is 15.9 Å². The minimum atomic E-state index is -0.668. The van der Waals surface area contributed by atoms with E-state index in [1.807, 2.05) is 12.1 Å². The van der Waals surface area contributed by atoms with Gasteiger partial charge in [0.1, 0.15) is 0 Å². The number of aliphatic hydroxyl groups excluding tert-OH is 1. The fourth-order valence-corrected chi connectivity index (χ4v) is 3.67. The predicted octanol–water partition coefficient (Wildman–Crippen LogP) is 7.03. The Balaban J connectivity index is 2.56. The molecule has 0 unspecified atom stereocenters. The van der Waals surface area contributed by atoms with Crippen LogP contribution in [0.4, 0.5) is 0 Å². The molecule has 1 atom stereocenters. The van der Waals surface area contributed by atoms with Crippen molar-refractivity contribution in [3.8, 4) is 0 Å². The second-order valence-electron chi connectivity index (χ2n) is 4.91. The molecule has 0 aliphatic rings. The summed E-state index contributed by atoms with van der Waals surface area (Å²) < 4.78 is 0. The monoisotopic (exact) mass is 436 g/mol. The number of fused-ring (bicyclic) bond motifs is 3. The van der Waals surface area contributed by atoms with E-state index in [4.69, 9.17) is 46.4 Å². The van der Waals surface area contributed by atoms with Gasteiger partial charge >= 0.3 is 0 Å². The van der Waals surface area contributed by atoms with Gasteiger partial charge in [-0.3, -0.25) is 0 Å². The van der Waals surface area contributed by atoms with Crippen LogP contribution in [0, 0.1) is 0 Å². The molecule has 0 fully saturated rings. The third-order valence-electron chi connectivity index (χ3n) is 3.58. The van der Waals surface area contributed by atoms with Crippen LogP contribution in [0.2, 0.25) is 20.1 Å². The fourth-order valence-electron chi connectivity index (χ4n) is 2.56. The highest BCUT2D eigenvalue weighted by molar-refractivity contribution is 9.09. The minimum absolute atomic E-state index is 0.412. The van der Waals surface area contributed by atoms with Gasteiger partial charge in [0.2, 0.25) is 0 Å². The van der Waals surface area contributed by atoms with Gasteiger partial charge in [-0.25, -0.2) is 0 Å². The highest BCUT2D eigenvalue weighted by Gasteiger charge is 2.17. The second-order valence-corrected chi connectivity index (χ2v) is 7.15. The van der Waals surface area contributed by atoms with Crippen molar-refractivity contribution in [2.24, 2.45) is 0 Å². The molecule has 1 N–H and O–H groups in total. The Morgan fingerprint density at radius 1 is 0.909 bits per heavy atom. The fraction of sp³-hybridized carbons (Fsp3) is 0.125. The molecule has 0 spiro atoms. The first kappa shape index (κ1) is 16.6. The summed E-state index contributed by atoms with van der Waals surface area (Å²) in [4.78, 5) is 0. The molecule has 0 saturated carbocycles. The zero-order valence-electron chi connectivity index (χ0n) is 11.0. The van der Waals surface area contributed by atoms with Crippen molar-refractivity contribution < 1.29 is 5.11 Å². The Kier molecular flexibility index (Phi) is 4.80. The summed E-state index contributed by atoms with van der Waals surface area (Å²) in [5.74, 6) is 0. The second kappa shape index (κ2) is 6.35. The minimum Gasteiger partial charge on any atom is -0.388 e. The van der Waals surface area contributed by atoms with Gasteiger partial charge in [-0.05, 0) is 46.0 Å². The predicted molar refractivity (Wildman–Crippen MR) is 100 cm³/mol. The molecule has 0 amide bonds. The summed E-state index contributed by atoms with van der Waals surface area (Å²) >= 11 is 28.1. The highest BCUT2D eigenvalue weighted by atomic mass is 79.9. The topological polar surface area (TPSA) is 20.2 Å². The maximum absolute atomic E-state index is 10.3. The molecule has 3 aromatic carbocycles. The first-order valence-corrected chi connectivity index (χ1v) is 9.00. The van der Waals surface area contributed by atoms with Crippen molar-refractivity contribution in [3.05, 3.63) is 56.0 Å². The Morgan fingerprint density at radius 3 is 2.27 bits per heavy atom. The highest BCUT2D eigenvalue weighted by Crippen LogP contribution is 2.41. The Bertz CT molecular complexity index is 895. The molecule has 0 heterocycles. The van der Waals surface area contributed by atoms with Crippen LogP contribution in [-0.4, -0.2) is 10.4 Å². The van der Waals surface area contributed by atoms with Crippen molar-refractivity contribution in [2.75, 3.05) is 5.33 Å². The first-order valence-electron chi connectivity index (χ1n) is 6.37. The molecule has 0 radical (unpaired) electrons. The molecule has 3 aromatic rings. The lowest BCUT2D eigenvalue weighted by Gasteiger charge is -2.16. The number of aliphatic hydroxyl groups is 1.